The van der Waals surface area contributed by atoms with Gasteiger partial charge in [0.15, 0.2) is 5.78 Å². The molecule has 2 aliphatic rings. The number of carbonyl (C=O) groups is 1. The zero-order valence-corrected chi connectivity index (χ0v) is 9.87. The lowest BCUT2D eigenvalue weighted by Crippen LogP contribution is -2.24. The molecule has 17 heavy (non-hydrogen) atoms. The molecule has 3 nitrogen and oxygen atoms in total. The predicted octanol–water partition coefficient (Wildman–Crippen LogP) is 1.95. The monoisotopic (exact) mass is 231 g/mol. The lowest BCUT2D eigenvalue weighted by Gasteiger charge is -2.11. The molecule has 1 aromatic carbocycles. The third-order valence-electron chi connectivity index (χ3n) is 3.61. The van der Waals surface area contributed by atoms with Crippen LogP contribution < -0.4 is 10.1 Å². The predicted molar refractivity (Wildman–Crippen MR) is 65.6 cm³/mol. The highest BCUT2D eigenvalue weighted by atomic mass is 16.5. The Hall–Kier alpha value is -1.35. The van der Waals surface area contributed by atoms with Crippen LogP contribution in [0.2, 0.25) is 0 Å². The lowest BCUT2D eigenvalue weighted by atomic mass is 9.99. The van der Waals surface area contributed by atoms with Crippen LogP contribution in [0.3, 0.4) is 0 Å². The topological polar surface area (TPSA) is 38.3 Å². The van der Waals surface area contributed by atoms with Crippen LogP contribution in [0, 0.1) is 0 Å². The molecule has 1 atom stereocenters. The summed E-state index contributed by atoms with van der Waals surface area (Å²) >= 11 is 0. The molecular weight excluding hydrogens is 214 g/mol. The van der Waals surface area contributed by atoms with Crippen LogP contribution in [-0.2, 0) is 6.42 Å². The number of hydrogen-bond donors (Lipinski definition) is 1. The Bertz CT molecular complexity index is 436. The van der Waals surface area contributed by atoms with Crippen LogP contribution in [0.5, 0.6) is 5.75 Å². The second-order valence-corrected chi connectivity index (χ2v) is 4.81. The van der Waals surface area contributed by atoms with E-state index in [-0.39, 0.29) is 5.78 Å². The Morgan fingerprint density at radius 1 is 1.47 bits per heavy atom. The first kappa shape index (κ1) is 10.8. The Morgan fingerprint density at radius 2 is 2.41 bits per heavy atom. The average Bonchev–Trinajstić information content (AvgIpc) is 2.97. The minimum absolute atomic E-state index is 0.211. The van der Waals surface area contributed by atoms with Gasteiger partial charge in [0.25, 0.3) is 0 Å². The van der Waals surface area contributed by atoms with Crippen LogP contribution >= 0.6 is 0 Å². The van der Waals surface area contributed by atoms with Gasteiger partial charge in [0.2, 0.25) is 0 Å². The van der Waals surface area contributed by atoms with Crippen molar-refractivity contribution in [3.05, 3.63) is 29.3 Å². The van der Waals surface area contributed by atoms with Crippen LogP contribution in [-0.4, -0.2) is 25.0 Å². The van der Waals surface area contributed by atoms with Gasteiger partial charge in [0.1, 0.15) is 5.75 Å². The molecule has 2 aliphatic heterocycles. The summed E-state index contributed by atoms with van der Waals surface area (Å²) in [5, 5.41) is 3.36. The maximum absolute atomic E-state index is 12.2. The number of fused-ring (bicyclic) bond motifs is 1. The first-order valence-corrected chi connectivity index (χ1v) is 6.36. The van der Waals surface area contributed by atoms with Crippen molar-refractivity contribution in [1.82, 2.24) is 5.32 Å². The molecule has 1 N–H and O–H groups in total. The van der Waals surface area contributed by atoms with Gasteiger partial charge in [-0.05, 0) is 31.0 Å². The van der Waals surface area contributed by atoms with Crippen molar-refractivity contribution in [3.8, 4) is 5.75 Å². The smallest absolute Gasteiger partial charge is 0.168 e. The number of ether oxygens (including phenoxy) is 1. The average molecular weight is 231 g/mol. The maximum atomic E-state index is 12.2. The summed E-state index contributed by atoms with van der Waals surface area (Å²) < 4.78 is 5.57. The molecule has 1 aromatic rings. The van der Waals surface area contributed by atoms with Gasteiger partial charge >= 0.3 is 0 Å². The van der Waals surface area contributed by atoms with Gasteiger partial charge in [-0.15, -0.1) is 0 Å². The summed E-state index contributed by atoms with van der Waals surface area (Å²) in [6.45, 7) is 1.75. The SMILES string of the molecule is O=C(CC1CCCN1)c1cccc2c1OCC2. The fraction of sp³-hybridized carbons (Fsp3) is 0.500. The molecule has 3 rings (SSSR count). The second kappa shape index (κ2) is 4.49. The van der Waals surface area contributed by atoms with Gasteiger partial charge in [-0.25, -0.2) is 0 Å². The standard InChI is InChI=1S/C14H17NO2/c16-13(9-11-4-2-7-15-11)12-5-1-3-10-6-8-17-14(10)12/h1,3,5,11,15H,2,4,6-9H2. The van der Waals surface area contributed by atoms with Gasteiger partial charge in [0, 0.05) is 18.9 Å². The minimum Gasteiger partial charge on any atom is -0.492 e. The molecule has 1 saturated heterocycles. The molecule has 1 unspecified atom stereocenters. The van der Waals surface area contributed by atoms with E-state index in [0.717, 1.165) is 30.7 Å². The van der Waals surface area contributed by atoms with Gasteiger partial charge in [-0.1, -0.05) is 12.1 Å². The molecular formula is C14H17NO2. The molecule has 2 heterocycles. The molecule has 90 valence electrons. The van der Waals surface area contributed by atoms with E-state index in [1.807, 2.05) is 18.2 Å². The van der Waals surface area contributed by atoms with Crippen molar-refractivity contribution in [2.24, 2.45) is 0 Å². The van der Waals surface area contributed by atoms with Gasteiger partial charge in [-0.3, -0.25) is 4.79 Å². The highest BCUT2D eigenvalue weighted by molar-refractivity contribution is 5.99. The van der Waals surface area contributed by atoms with Crippen molar-refractivity contribution in [2.45, 2.75) is 31.7 Å². The highest BCUT2D eigenvalue weighted by Gasteiger charge is 2.23. The molecule has 0 bridgehead atoms. The molecule has 3 heteroatoms. The minimum atomic E-state index is 0.211. The molecule has 0 aromatic heterocycles. The maximum Gasteiger partial charge on any atom is 0.168 e. The number of hydrogen-bond acceptors (Lipinski definition) is 3. The summed E-state index contributed by atoms with van der Waals surface area (Å²) in [6, 6.07) is 6.26. The van der Waals surface area contributed by atoms with E-state index in [0.29, 0.717) is 19.1 Å². The van der Waals surface area contributed by atoms with E-state index >= 15 is 0 Å². The van der Waals surface area contributed by atoms with Crippen molar-refractivity contribution >= 4 is 5.78 Å². The molecule has 0 spiro atoms. The summed E-state index contributed by atoms with van der Waals surface area (Å²) in [4.78, 5) is 12.2. The summed E-state index contributed by atoms with van der Waals surface area (Å²) in [5.74, 6) is 1.04. The van der Waals surface area contributed by atoms with Crippen molar-refractivity contribution in [2.75, 3.05) is 13.2 Å². The van der Waals surface area contributed by atoms with E-state index < -0.39 is 0 Å². The Morgan fingerprint density at radius 3 is 3.24 bits per heavy atom. The fourth-order valence-corrected chi connectivity index (χ4v) is 2.70. The normalized spacial score (nSPS) is 22.2. The van der Waals surface area contributed by atoms with Gasteiger partial charge in [0.05, 0.1) is 12.2 Å². The van der Waals surface area contributed by atoms with Gasteiger partial charge < -0.3 is 10.1 Å². The highest BCUT2D eigenvalue weighted by Crippen LogP contribution is 2.30. The largest absolute Gasteiger partial charge is 0.492 e. The van der Waals surface area contributed by atoms with E-state index in [9.17, 15) is 4.79 Å². The van der Waals surface area contributed by atoms with Crippen LogP contribution in [0.15, 0.2) is 18.2 Å². The second-order valence-electron chi connectivity index (χ2n) is 4.81. The number of carbonyl (C=O) groups excluding carboxylic acids is 1. The molecule has 0 saturated carbocycles. The number of ketones is 1. The van der Waals surface area contributed by atoms with E-state index in [4.69, 9.17) is 4.74 Å². The summed E-state index contributed by atoms with van der Waals surface area (Å²) in [5.41, 5.74) is 1.95. The van der Waals surface area contributed by atoms with Gasteiger partial charge in [-0.2, -0.15) is 0 Å². The number of nitrogens with one attached hydrogen (secondary N) is 1. The first-order chi connectivity index (χ1) is 8.34. The number of para-hydroxylation sites is 1. The number of Topliss-reactive ketones (excluding diaryl/α,β-unsaturated/α-hetero) is 1. The zero-order valence-electron chi connectivity index (χ0n) is 9.87. The molecule has 1 fully saturated rings. The van der Waals surface area contributed by atoms with E-state index in [1.165, 1.54) is 12.0 Å². The van der Waals surface area contributed by atoms with Crippen LogP contribution in [0.25, 0.3) is 0 Å². The third-order valence-corrected chi connectivity index (χ3v) is 3.61. The van der Waals surface area contributed by atoms with E-state index in [1.54, 1.807) is 0 Å². The molecule has 0 aliphatic carbocycles. The van der Waals surface area contributed by atoms with E-state index in [2.05, 4.69) is 5.32 Å². The Labute approximate surface area is 101 Å². The van der Waals surface area contributed by atoms with Crippen molar-refractivity contribution in [3.63, 3.8) is 0 Å². The zero-order chi connectivity index (χ0) is 11.7. The third kappa shape index (κ3) is 2.07. The number of benzene rings is 1. The fourth-order valence-electron chi connectivity index (χ4n) is 2.70. The molecule has 0 radical (unpaired) electrons. The van der Waals surface area contributed by atoms with Crippen molar-refractivity contribution in [1.29, 1.82) is 0 Å². The Balaban J connectivity index is 1.79. The van der Waals surface area contributed by atoms with Crippen LogP contribution in [0.1, 0.15) is 35.2 Å². The van der Waals surface area contributed by atoms with Crippen LogP contribution in [0.4, 0.5) is 0 Å². The summed E-state index contributed by atoms with van der Waals surface area (Å²) in [7, 11) is 0. The lowest BCUT2D eigenvalue weighted by molar-refractivity contribution is 0.0968. The first-order valence-electron chi connectivity index (χ1n) is 6.36. The summed E-state index contributed by atoms with van der Waals surface area (Å²) in [6.07, 6.45) is 3.82. The van der Waals surface area contributed by atoms with Crippen molar-refractivity contribution < 1.29 is 9.53 Å². The molecule has 0 amide bonds. The number of rotatable bonds is 3. The Kier molecular flexibility index (Phi) is 2.85. The quantitative estimate of drug-likeness (QED) is 0.808.